The van der Waals surface area contributed by atoms with E-state index in [1.165, 1.54) is 0 Å². The van der Waals surface area contributed by atoms with E-state index in [-0.39, 0.29) is 11.4 Å². The Morgan fingerprint density at radius 3 is 2.52 bits per heavy atom. The Kier molecular flexibility index (Phi) is 5.26. The summed E-state index contributed by atoms with van der Waals surface area (Å²) in [4.78, 5) is 16.3. The van der Waals surface area contributed by atoms with Crippen LogP contribution in [0, 0.1) is 11.3 Å². The SMILES string of the molecule is COc1ccc(Cn2cc(/C=C(\C#N)C(=O)c3c[nH]c4ccccc34)c3ccccc32)cc1. The standard InChI is InChI=1S/C28H21N3O2/c1-33-22-12-10-19(11-13-22)17-31-18-21(23-6-3-5-9-27(23)31)14-20(15-29)28(32)25-16-30-26-8-4-2-7-24(25)26/h2-14,16,18,30H,17H2,1H3/b20-14+. The second kappa shape index (κ2) is 8.52. The fourth-order valence-electron chi connectivity index (χ4n) is 4.16. The number of ether oxygens (including phenoxy) is 1. The van der Waals surface area contributed by atoms with Crippen LogP contribution in [0.3, 0.4) is 0 Å². The summed E-state index contributed by atoms with van der Waals surface area (Å²) in [5, 5.41) is 11.6. The molecule has 3 aromatic carbocycles. The molecular formula is C28H21N3O2. The normalized spacial score (nSPS) is 11.6. The van der Waals surface area contributed by atoms with E-state index in [1.807, 2.05) is 79.0 Å². The number of fused-ring (bicyclic) bond motifs is 2. The summed E-state index contributed by atoms with van der Waals surface area (Å²) >= 11 is 0. The number of nitrogens with one attached hydrogen (secondary N) is 1. The molecule has 0 aliphatic carbocycles. The van der Waals surface area contributed by atoms with E-state index in [0.717, 1.165) is 38.7 Å². The second-order valence-corrected chi connectivity index (χ2v) is 7.82. The zero-order valence-corrected chi connectivity index (χ0v) is 18.1. The first-order valence-corrected chi connectivity index (χ1v) is 10.6. The van der Waals surface area contributed by atoms with Crippen LogP contribution in [0.4, 0.5) is 0 Å². The molecule has 5 nitrogen and oxygen atoms in total. The van der Waals surface area contributed by atoms with Crippen LogP contribution < -0.4 is 4.74 Å². The molecule has 2 aromatic heterocycles. The van der Waals surface area contributed by atoms with Crippen LogP contribution in [0.2, 0.25) is 0 Å². The molecule has 0 unspecified atom stereocenters. The minimum Gasteiger partial charge on any atom is -0.497 e. The molecule has 160 valence electrons. The summed E-state index contributed by atoms with van der Waals surface area (Å²) in [6.07, 6.45) is 5.36. The van der Waals surface area contributed by atoms with Gasteiger partial charge in [-0.1, -0.05) is 48.5 Å². The Labute approximate surface area is 191 Å². The highest BCUT2D eigenvalue weighted by molar-refractivity contribution is 6.20. The number of benzene rings is 3. The number of H-pyrrole nitrogens is 1. The maximum absolute atomic E-state index is 13.2. The van der Waals surface area contributed by atoms with Gasteiger partial charge < -0.3 is 14.3 Å². The Morgan fingerprint density at radius 1 is 1.03 bits per heavy atom. The second-order valence-electron chi connectivity index (χ2n) is 7.82. The molecule has 2 heterocycles. The van der Waals surface area contributed by atoms with Gasteiger partial charge in [-0.3, -0.25) is 4.79 Å². The van der Waals surface area contributed by atoms with Gasteiger partial charge in [0.05, 0.1) is 7.11 Å². The van der Waals surface area contributed by atoms with Crippen LogP contribution in [-0.2, 0) is 6.54 Å². The number of hydrogen-bond acceptors (Lipinski definition) is 3. The number of methoxy groups -OCH3 is 1. The molecule has 0 amide bonds. The van der Waals surface area contributed by atoms with E-state index < -0.39 is 0 Å². The highest BCUT2D eigenvalue weighted by Crippen LogP contribution is 2.27. The monoisotopic (exact) mass is 431 g/mol. The number of aromatic amines is 1. The average molecular weight is 431 g/mol. The van der Waals surface area contributed by atoms with Crippen molar-refractivity contribution in [1.82, 2.24) is 9.55 Å². The first-order valence-electron chi connectivity index (χ1n) is 10.6. The van der Waals surface area contributed by atoms with Crippen molar-refractivity contribution in [1.29, 1.82) is 5.26 Å². The van der Waals surface area contributed by atoms with Crippen molar-refractivity contribution in [2.24, 2.45) is 0 Å². The smallest absolute Gasteiger partial charge is 0.205 e. The number of Topliss-reactive ketones (excluding diaryl/α,β-unsaturated/α-hetero) is 1. The van der Waals surface area contributed by atoms with E-state index >= 15 is 0 Å². The number of rotatable bonds is 6. The Hall–Kier alpha value is -4.56. The van der Waals surface area contributed by atoms with E-state index in [9.17, 15) is 10.1 Å². The Balaban J connectivity index is 1.54. The van der Waals surface area contributed by atoms with Gasteiger partial charge in [-0.2, -0.15) is 5.26 Å². The fraction of sp³-hybridized carbons (Fsp3) is 0.0714. The lowest BCUT2D eigenvalue weighted by atomic mass is 10.0. The zero-order chi connectivity index (χ0) is 22.8. The van der Waals surface area contributed by atoms with Gasteiger partial charge in [0, 0.05) is 51.9 Å². The van der Waals surface area contributed by atoms with Crippen molar-refractivity contribution < 1.29 is 9.53 Å². The molecule has 33 heavy (non-hydrogen) atoms. The van der Waals surface area contributed by atoms with Crippen molar-refractivity contribution in [3.8, 4) is 11.8 Å². The molecule has 0 bridgehead atoms. The molecule has 0 saturated carbocycles. The lowest BCUT2D eigenvalue weighted by molar-refractivity contribution is 0.104. The predicted octanol–water partition coefficient (Wildman–Crippen LogP) is 5.97. The maximum Gasteiger partial charge on any atom is 0.205 e. The van der Waals surface area contributed by atoms with Gasteiger partial charge in [-0.25, -0.2) is 0 Å². The number of aromatic nitrogens is 2. The molecule has 0 radical (unpaired) electrons. The molecule has 0 fully saturated rings. The molecule has 5 rings (SSSR count). The summed E-state index contributed by atoms with van der Waals surface area (Å²) in [7, 11) is 1.65. The minimum atomic E-state index is -0.290. The van der Waals surface area contributed by atoms with Crippen LogP contribution >= 0.6 is 0 Å². The van der Waals surface area contributed by atoms with E-state index in [1.54, 1.807) is 19.4 Å². The predicted molar refractivity (Wildman–Crippen MR) is 130 cm³/mol. The topological polar surface area (TPSA) is 70.8 Å². The molecule has 0 aliphatic rings. The van der Waals surface area contributed by atoms with Crippen LogP contribution in [0.15, 0.2) is 90.8 Å². The maximum atomic E-state index is 13.2. The zero-order valence-electron chi connectivity index (χ0n) is 18.1. The summed E-state index contributed by atoms with van der Waals surface area (Å²) in [5.74, 6) is 0.524. The van der Waals surface area contributed by atoms with Crippen LogP contribution in [-0.4, -0.2) is 22.4 Å². The summed E-state index contributed by atoms with van der Waals surface area (Å²) in [5.41, 5.74) is 4.48. The van der Waals surface area contributed by atoms with E-state index in [0.29, 0.717) is 12.1 Å². The number of nitrogens with zero attached hydrogens (tertiary/aromatic N) is 2. The lowest BCUT2D eigenvalue weighted by Gasteiger charge is -2.06. The fourth-order valence-corrected chi connectivity index (χ4v) is 4.16. The quantitative estimate of drug-likeness (QED) is 0.205. The third-order valence-corrected chi connectivity index (χ3v) is 5.83. The molecule has 0 atom stereocenters. The van der Waals surface area contributed by atoms with Gasteiger partial charge in [0.25, 0.3) is 0 Å². The highest BCUT2D eigenvalue weighted by atomic mass is 16.5. The first-order chi connectivity index (χ1) is 16.2. The van der Waals surface area contributed by atoms with E-state index in [4.69, 9.17) is 4.74 Å². The first kappa shape index (κ1) is 20.3. The number of carbonyl (C=O) groups is 1. The number of carbonyl (C=O) groups excluding carboxylic acids is 1. The van der Waals surface area contributed by atoms with Crippen molar-refractivity contribution in [2.45, 2.75) is 6.54 Å². The molecule has 0 aliphatic heterocycles. The molecule has 0 saturated heterocycles. The third-order valence-electron chi connectivity index (χ3n) is 5.83. The third kappa shape index (κ3) is 3.79. The number of hydrogen-bond donors (Lipinski definition) is 1. The Bertz CT molecular complexity index is 1550. The molecule has 5 heteroatoms. The highest BCUT2D eigenvalue weighted by Gasteiger charge is 2.18. The molecule has 5 aromatic rings. The number of para-hydroxylation sites is 2. The average Bonchev–Trinajstić information content (AvgIpc) is 3.44. The van der Waals surface area contributed by atoms with Gasteiger partial charge in [0.2, 0.25) is 5.78 Å². The van der Waals surface area contributed by atoms with E-state index in [2.05, 4.69) is 15.6 Å². The largest absolute Gasteiger partial charge is 0.497 e. The molecule has 1 N–H and O–H groups in total. The summed E-state index contributed by atoms with van der Waals surface area (Å²) in [6, 6.07) is 25.7. The molecular weight excluding hydrogens is 410 g/mol. The van der Waals surface area contributed by atoms with Gasteiger partial charge in [-0.05, 0) is 35.9 Å². The number of ketones is 1. The summed E-state index contributed by atoms with van der Waals surface area (Å²) < 4.78 is 7.38. The molecule has 0 spiro atoms. The lowest BCUT2D eigenvalue weighted by Crippen LogP contribution is -2.01. The van der Waals surface area contributed by atoms with Gasteiger partial charge in [-0.15, -0.1) is 0 Å². The van der Waals surface area contributed by atoms with Crippen LogP contribution in [0.5, 0.6) is 5.75 Å². The van der Waals surface area contributed by atoms with Crippen molar-refractivity contribution in [2.75, 3.05) is 7.11 Å². The van der Waals surface area contributed by atoms with Crippen LogP contribution in [0.25, 0.3) is 27.9 Å². The van der Waals surface area contributed by atoms with Gasteiger partial charge >= 0.3 is 0 Å². The minimum absolute atomic E-state index is 0.104. The van der Waals surface area contributed by atoms with Gasteiger partial charge in [0.15, 0.2) is 0 Å². The summed E-state index contributed by atoms with van der Waals surface area (Å²) in [6.45, 7) is 0.663. The van der Waals surface area contributed by atoms with Crippen LogP contribution in [0.1, 0.15) is 21.5 Å². The Morgan fingerprint density at radius 2 is 1.76 bits per heavy atom. The van der Waals surface area contributed by atoms with Gasteiger partial charge in [0.1, 0.15) is 17.4 Å². The van der Waals surface area contributed by atoms with Crippen molar-refractivity contribution in [3.63, 3.8) is 0 Å². The van der Waals surface area contributed by atoms with Crippen molar-refractivity contribution in [3.05, 3.63) is 107 Å². The number of allylic oxidation sites excluding steroid dienone is 1. The number of nitriles is 1. The van der Waals surface area contributed by atoms with Crippen molar-refractivity contribution >= 4 is 33.7 Å².